The van der Waals surface area contributed by atoms with Crippen molar-refractivity contribution in [2.24, 2.45) is 5.41 Å². The predicted molar refractivity (Wildman–Crippen MR) is 79.6 cm³/mol. The van der Waals surface area contributed by atoms with E-state index < -0.39 is 0 Å². The largest absolute Gasteiger partial charge is 0.382 e. The minimum atomic E-state index is -0.122. The number of rotatable bonds is 5. The molecular weight excluding hydrogens is 260 g/mol. The fourth-order valence-electron chi connectivity index (χ4n) is 1.59. The summed E-state index contributed by atoms with van der Waals surface area (Å²) in [5.41, 5.74) is 6.01. The minimum Gasteiger partial charge on any atom is -0.382 e. The molecule has 1 aromatic heterocycles. The van der Waals surface area contributed by atoms with E-state index in [9.17, 15) is 4.79 Å². The van der Waals surface area contributed by atoms with Crippen molar-refractivity contribution in [2.75, 3.05) is 17.6 Å². The van der Waals surface area contributed by atoms with Gasteiger partial charge in [-0.05, 0) is 24.7 Å². The summed E-state index contributed by atoms with van der Waals surface area (Å²) >= 11 is 1.33. The Morgan fingerprint density at radius 3 is 2.74 bits per heavy atom. The number of nitrogen functional groups attached to an aromatic ring is 1. The first-order valence-corrected chi connectivity index (χ1v) is 7.48. The first kappa shape index (κ1) is 14.1. The molecule has 1 amide bonds. The number of aromatic nitrogens is 1. The number of amides is 1. The van der Waals surface area contributed by atoms with Crippen molar-refractivity contribution in [1.29, 1.82) is 0 Å². The topological polar surface area (TPSA) is 80.0 Å². The number of hydrogen-bond donors (Lipinski definition) is 3. The number of carbonyl (C=O) groups is 1. The van der Waals surface area contributed by atoms with E-state index in [2.05, 4.69) is 36.4 Å². The highest BCUT2D eigenvalue weighted by atomic mass is 32.1. The van der Waals surface area contributed by atoms with E-state index in [-0.39, 0.29) is 11.3 Å². The number of hydrogen-bond acceptors (Lipinski definition) is 5. The van der Waals surface area contributed by atoms with Crippen molar-refractivity contribution in [3.8, 4) is 0 Å². The van der Waals surface area contributed by atoms with Crippen molar-refractivity contribution in [3.63, 3.8) is 0 Å². The summed E-state index contributed by atoms with van der Waals surface area (Å²) in [5.74, 6) is 0.199. The minimum absolute atomic E-state index is 0.122. The van der Waals surface area contributed by atoms with Crippen LogP contribution in [0.5, 0.6) is 0 Å². The molecule has 1 aromatic rings. The third-order valence-corrected chi connectivity index (χ3v) is 3.93. The smallest absolute Gasteiger partial charge is 0.265 e. The lowest BCUT2D eigenvalue weighted by Crippen LogP contribution is -2.27. The number of nitrogens with two attached hydrogens (primary N) is 1. The van der Waals surface area contributed by atoms with E-state index in [4.69, 9.17) is 5.73 Å². The van der Waals surface area contributed by atoms with Crippen LogP contribution in [0.25, 0.3) is 0 Å². The first-order chi connectivity index (χ1) is 8.85. The molecule has 1 heterocycles. The quantitative estimate of drug-likeness (QED) is 0.775. The average Bonchev–Trinajstić information content (AvgIpc) is 2.99. The van der Waals surface area contributed by atoms with Crippen LogP contribution in [0.2, 0.25) is 0 Å². The van der Waals surface area contributed by atoms with E-state index in [1.54, 1.807) is 0 Å². The van der Waals surface area contributed by atoms with E-state index in [1.807, 2.05) is 0 Å². The van der Waals surface area contributed by atoms with Gasteiger partial charge in [0, 0.05) is 12.6 Å². The molecule has 1 aliphatic carbocycles. The molecule has 4 N–H and O–H groups in total. The Hall–Kier alpha value is -1.30. The van der Waals surface area contributed by atoms with Crippen LogP contribution in [0.3, 0.4) is 0 Å². The number of carbonyl (C=O) groups excluding carboxylic acids is 1. The lowest BCUT2D eigenvalue weighted by molar-refractivity contribution is 0.0954. The molecule has 0 radical (unpaired) electrons. The zero-order valence-corrected chi connectivity index (χ0v) is 12.6. The van der Waals surface area contributed by atoms with E-state index in [0.29, 0.717) is 23.3 Å². The molecule has 1 fully saturated rings. The van der Waals surface area contributed by atoms with Crippen LogP contribution in [0, 0.1) is 5.41 Å². The van der Waals surface area contributed by atoms with Gasteiger partial charge >= 0.3 is 0 Å². The van der Waals surface area contributed by atoms with Gasteiger partial charge in [-0.2, -0.15) is 0 Å². The number of thiazole rings is 1. The van der Waals surface area contributed by atoms with E-state index >= 15 is 0 Å². The van der Waals surface area contributed by atoms with Crippen LogP contribution in [0.15, 0.2) is 0 Å². The monoisotopic (exact) mass is 282 g/mol. The Morgan fingerprint density at radius 1 is 1.47 bits per heavy atom. The number of anilines is 2. The molecule has 19 heavy (non-hydrogen) atoms. The Labute approximate surface area is 118 Å². The van der Waals surface area contributed by atoms with Gasteiger partial charge < -0.3 is 16.4 Å². The van der Waals surface area contributed by atoms with E-state index in [0.717, 1.165) is 11.6 Å². The molecule has 106 valence electrons. The Morgan fingerprint density at radius 2 is 2.16 bits per heavy atom. The Kier molecular flexibility index (Phi) is 3.99. The summed E-state index contributed by atoms with van der Waals surface area (Å²) < 4.78 is 0. The Bertz CT molecular complexity index is 460. The molecule has 1 saturated carbocycles. The molecule has 2 rings (SSSR count). The third-order valence-electron chi connectivity index (χ3n) is 2.93. The van der Waals surface area contributed by atoms with Crippen LogP contribution in [-0.4, -0.2) is 23.5 Å². The van der Waals surface area contributed by atoms with Crippen molar-refractivity contribution >= 4 is 28.2 Å². The maximum absolute atomic E-state index is 12.0. The lowest BCUT2D eigenvalue weighted by atomic mass is 9.92. The van der Waals surface area contributed by atoms with Gasteiger partial charge in [0.05, 0.1) is 0 Å². The standard InChI is InChI=1S/C13H22N4OS/c1-13(2,3)6-7-15-11(18)9-10(14)17-12(19-9)16-8-4-5-8/h8H,4-7,14H2,1-3H3,(H,15,18)(H,16,17). The predicted octanol–water partition coefficient (Wildman–Crippen LogP) is 2.47. The van der Waals surface area contributed by atoms with Gasteiger partial charge in [-0.25, -0.2) is 4.98 Å². The van der Waals surface area contributed by atoms with Gasteiger partial charge in [0.15, 0.2) is 5.13 Å². The van der Waals surface area contributed by atoms with Gasteiger partial charge in [-0.1, -0.05) is 32.1 Å². The third kappa shape index (κ3) is 4.38. The fraction of sp³-hybridized carbons (Fsp3) is 0.692. The van der Waals surface area contributed by atoms with Crippen LogP contribution in [0.1, 0.15) is 49.7 Å². The maximum atomic E-state index is 12.0. The van der Waals surface area contributed by atoms with Crippen LogP contribution in [0.4, 0.5) is 10.9 Å². The van der Waals surface area contributed by atoms with Gasteiger partial charge in [0.25, 0.3) is 5.91 Å². The van der Waals surface area contributed by atoms with Gasteiger partial charge in [0.2, 0.25) is 0 Å². The van der Waals surface area contributed by atoms with Crippen molar-refractivity contribution in [2.45, 2.75) is 46.1 Å². The molecule has 0 aromatic carbocycles. The van der Waals surface area contributed by atoms with Crippen LogP contribution in [-0.2, 0) is 0 Å². The molecule has 6 heteroatoms. The zero-order valence-electron chi connectivity index (χ0n) is 11.7. The maximum Gasteiger partial charge on any atom is 0.265 e. The molecule has 0 unspecified atom stereocenters. The van der Waals surface area contributed by atoms with Gasteiger partial charge in [0.1, 0.15) is 10.7 Å². The lowest BCUT2D eigenvalue weighted by Gasteiger charge is -2.17. The molecule has 0 saturated heterocycles. The number of nitrogens with one attached hydrogen (secondary N) is 2. The van der Waals surface area contributed by atoms with Crippen molar-refractivity contribution in [3.05, 3.63) is 4.88 Å². The second-order valence-electron chi connectivity index (χ2n) is 6.22. The summed E-state index contributed by atoms with van der Waals surface area (Å²) in [6, 6.07) is 0.516. The van der Waals surface area contributed by atoms with Crippen LogP contribution >= 0.6 is 11.3 Å². The highest BCUT2D eigenvalue weighted by Crippen LogP contribution is 2.30. The average molecular weight is 282 g/mol. The normalized spacial score (nSPS) is 15.3. The van der Waals surface area contributed by atoms with Crippen molar-refractivity contribution in [1.82, 2.24) is 10.3 Å². The van der Waals surface area contributed by atoms with Gasteiger partial charge in [-0.15, -0.1) is 0 Å². The molecule has 0 spiro atoms. The van der Waals surface area contributed by atoms with E-state index in [1.165, 1.54) is 24.2 Å². The SMILES string of the molecule is CC(C)(C)CCNC(=O)c1sc(NC2CC2)nc1N. The summed E-state index contributed by atoms with van der Waals surface area (Å²) in [5, 5.41) is 6.91. The molecular formula is C13H22N4OS. The summed E-state index contributed by atoms with van der Waals surface area (Å²) in [4.78, 5) is 16.7. The summed E-state index contributed by atoms with van der Waals surface area (Å²) in [6.07, 6.45) is 3.28. The molecule has 1 aliphatic rings. The molecule has 0 atom stereocenters. The summed E-state index contributed by atoms with van der Waals surface area (Å²) in [7, 11) is 0. The van der Waals surface area contributed by atoms with Crippen molar-refractivity contribution < 1.29 is 4.79 Å². The first-order valence-electron chi connectivity index (χ1n) is 6.66. The zero-order chi connectivity index (χ0) is 14.0. The van der Waals surface area contributed by atoms with Crippen LogP contribution < -0.4 is 16.4 Å². The van der Waals surface area contributed by atoms with Gasteiger partial charge in [-0.3, -0.25) is 4.79 Å². The highest BCUT2D eigenvalue weighted by molar-refractivity contribution is 7.18. The number of nitrogens with zero attached hydrogens (tertiary/aromatic N) is 1. The molecule has 0 bridgehead atoms. The molecule has 5 nitrogen and oxygen atoms in total. The highest BCUT2D eigenvalue weighted by Gasteiger charge is 2.24. The fourth-order valence-corrected chi connectivity index (χ4v) is 2.47. The Balaban J connectivity index is 1.89. The second kappa shape index (κ2) is 5.36. The second-order valence-corrected chi connectivity index (χ2v) is 7.22. The molecule has 0 aliphatic heterocycles. The summed E-state index contributed by atoms with van der Waals surface area (Å²) in [6.45, 7) is 7.11.